The first-order valence-electron chi connectivity index (χ1n) is 9.22. The lowest BCUT2D eigenvalue weighted by Gasteiger charge is -2.35. The van der Waals surface area contributed by atoms with E-state index in [0.717, 1.165) is 78.3 Å². The van der Waals surface area contributed by atoms with Crippen LogP contribution in [0.15, 0.2) is 0 Å². The van der Waals surface area contributed by atoms with Crippen LogP contribution in [0.2, 0.25) is 0 Å². The lowest BCUT2D eigenvalue weighted by atomic mass is 10.2. The predicted molar refractivity (Wildman–Crippen MR) is 98.4 cm³/mol. The molecule has 0 spiro atoms. The highest BCUT2D eigenvalue weighted by Gasteiger charge is 2.21. The van der Waals surface area contributed by atoms with Gasteiger partial charge in [-0.15, -0.1) is 0 Å². The SMILES string of the molecule is CP(=O)(O)CN1CCCN2CCN(CCCN(CC(=O)O)CC2)CC1. The van der Waals surface area contributed by atoms with E-state index in [1.165, 1.54) is 6.66 Å². The number of hydrogen-bond donors (Lipinski definition) is 2. The summed E-state index contributed by atoms with van der Waals surface area (Å²) in [5.41, 5.74) is 0. The molecule has 0 saturated carbocycles. The molecular formula is C16H33N4O4P. The van der Waals surface area contributed by atoms with E-state index in [1.807, 2.05) is 4.90 Å². The van der Waals surface area contributed by atoms with E-state index in [2.05, 4.69) is 14.7 Å². The molecule has 8 nitrogen and oxygen atoms in total. The van der Waals surface area contributed by atoms with Crippen LogP contribution in [0.5, 0.6) is 0 Å². The van der Waals surface area contributed by atoms with Crippen LogP contribution in [0.3, 0.4) is 0 Å². The summed E-state index contributed by atoms with van der Waals surface area (Å²) in [5, 5.41) is 9.08. The van der Waals surface area contributed by atoms with Gasteiger partial charge in [0, 0.05) is 52.5 Å². The fraction of sp³-hybridized carbons (Fsp3) is 0.938. The van der Waals surface area contributed by atoms with Crippen LogP contribution in [-0.2, 0) is 9.36 Å². The van der Waals surface area contributed by atoms with Crippen LogP contribution in [0.4, 0.5) is 0 Å². The number of rotatable bonds is 4. The van der Waals surface area contributed by atoms with Crippen LogP contribution < -0.4 is 0 Å². The summed E-state index contributed by atoms with van der Waals surface area (Å²) in [6.45, 7) is 10.5. The highest BCUT2D eigenvalue weighted by Crippen LogP contribution is 2.35. The Labute approximate surface area is 150 Å². The minimum absolute atomic E-state index is 0.115. The van der Waals surface area contributed by atoms with Crippen molar-refractivity contribution in [3.05, 3.63) is 0 Å². The summed E-state index contributed by atoms with van der Waals surface area (Å²) in [6.07, 6.45) is 2.20. The number of nitrogens with zero attached hydrogens (tertiary/aromatic N) is 4. The molecule has 0 aliphatic carbocycles. The first-order valence-corrected chi connectivity index (χ1v) is 11.5. The van der Waals surface area contributed by atoms with E-state index in [9.17, 15) is 14.3 Å². The second-order valence-electron chi connectivity index (χ2n) is 7.37. The molecule has 25 heavy (non-hydrogen) atoms. The Morgan fingerprint density at radius 2 is 1.32 bits per heavy atom. The van der Waals surface area contributed by atoms with Crippen molar-refractivity contribution in [2.75, 3.05) is 84.9 Å². The smallest absolute Gasteiger partial charge is 0.317 e. The normalized spacial score (nSPS) is 30.5. The minimum Gasteiger partial charge on any atom is -0.480 e. The molecule has 146 valence electrons. The first kappa shape index (κ1) is 20.8. The first-order chi connectivity index (χ1) is 11.8. The third kappa shape index (κ3) is 8.62. The van der Waals surface area contributed by atoms with E-state index in [0.29, 0.717) is 0 Å². The van der Waals surface area contributed by atoms with Gasteiger partial charge in [-0.2, -0.15) is 0 Å². The standard InChI is InChI=1S/C16H33N4O4P/c1-25(23,24)15-20-7-3-5-17-8-9-18(11-13-20)4-2-6-19(12-10-17)14-16(21)22/h2-15H2,1H3,(H,21,22)(H,23,24). The van der Waals surface area contributed by atoms with Gasteiger partial charge in [0.15, 0.2) is 0 Å². The van der Waals surface area contributed by atoms with Crippen LogP contribution in [0, 0.1) is 0 Å². The van der Waals surface area contributed by atoms with Crippen molar-refractivity contribution in [1.29, 1.82) is 0 Å². The average molecular weight is 376 g/mol. The minimum atomic E-state index is -3.03. The van der Waals surface area contributed by atoms with E-state index in [-0.39, 0.29) is 12.8 Å². The molecule has 2 fully saturated rings. The number of fused-ring (bicyclic) bond motifs is 3. The molecular weight excluding hydrogens is 343 g/mol. The molecule has 0 aromatic rings. The third-order valence-electron chi connectivity index (χ3n) is 4.92. The van der Waals surface area contributed by atoms with Crippen molar-refractivity contribution < 1.29 is 19.4 Å². The maximum atomic E-state index is 11.8. The van der Waals surface area contributed by atoms with Gasteiger partial charge in [-0.3, -0.25) is 19.2 Å². The zero-order valence-corrected chi connectivity index (χ0v) is 16.2. The average Bonchev–Trinajstić information content (AvgIpc) is 2.51. The fourth-order valence-corrected chi connectivity index (χ4v) is 4.67. The van der Waals surface area contributed by atoms with Gasteiger partial charge in [-0.05, 0) is 32.5 Å². The lowest BCUT2D eigenvalue weighted by Crippen LogP contribution is -2.47. The zero-order chi connectivity index (χ0) is 18.3. The zero-order valence-electron chi connectivity index (χ0n) is 15.3. The molecule has 2 heterocycles. The second kappa shape index (κ2) is 10.00. The van der Waals surface area contributed by atoms with Crippen LogP contribution in [0.25, 0.3) is 0 Å². The van der Waals surface area contributed by atoms with Crippen molar-refractivity contribution in [2.24, 2.45) is 0 Å². The molecule has 2 aliphatic rings. The Morgan fingerprint density at radius 1 is 0.840 bits per heavy atom. The summed E-state index contributed by atoms with van der Waals surface area (Å²) < 4.78 is 11.8. The van der Waals surface area contributed by atoms with Crippen LogP contribution in [0.1, 0.15) is 12.8 Å². The number of carboxylic acid groups (broad SMARTS) is 1. The third-order valence-corrected chi connectivity index (χ3v) is 5.84. The summed E-state index contributed by atoms with van der Waals surface area (Å²) in [6, 6.07) is 0. The Hall–Kier alpha value is -0.500. The van der Waals surface area contributed by atoms with E-state index in [4.69, 9.17) is 5.11 Å². The lowest BCUT2D eigenvalue weighted by molar-refractivity contribution is -0.138. The quantitative estimate of drug-likeness (QED) is 0.660. The molecule has 3 unspecified atom stereocenters. The molecule has 2 bridgehead atoms. The predicted octanol–water partition coefficient (Wildman–Crippen LogP) is -0.0559. The molecule has 2 N–H and O–H groups in total. The van der Waals surface area contributed by atoms with Crippen LogP contribution in [-0.4, -0.2) is 121 Å². The van der Waals surface area contributed by atoms with E-state index < -0.39 is 13.3 Å². The Balaban J connectivity index is 1.98. The van der Waals surface area contributed by atoms with Crippen molar-refractivity contribution in [2.45, 2.75) is 12.8 Å². The van der Waals surface area contributed by atoms with Gasteiger partial charge in [-0.25, -0.2) is 0 Å². The van der Waals surface area contributed by atoms with Gasteiger partial charge in [0.1, 0.15) is 0 Å². The molecule has 0 aromatic heterocycles. The maximum absolute atomic E-state index is 11.8. The molecule has 0 amide bonds. The monoisotopic (exact) mass is 376 g/mol. The van der Waals surface area contributed by atoms with Crippen LogP contribution >= 0.6 is 7.37 Å². The Kier molecular flexibility index (Phi) is 8.32. The largest absolute Gasteiger partial charge is 0.480 e. The van der Waals surface area contributed by atoms with Gasteiger partial charge < -0.3 is 19.8 Å². The Morgan fingerprint density at radius 3 is 1.84 bits per heavy atom. The molecule has 2 aliphatic heterocycles. The second-order valence-corrected chi connectivity index (χ2v) is 9.76. The van der Waals surface area contributed by atoms with Crippen molar-refractivity contribution >= 4 is 13.3 Å². The van der Waals surface area contributed by atoms with Gasteiger partial charge in [0.25, 0.3) is 0 Å². The highest BCUT2D eigenvalue weighted by atomic mass is 31.2. The number of hydrogen-bond acceptors (Lipinski definition) is 6. The summed E-state index contributed by atoms with van der Waals surface area (Å²) in [4.78, 5) is 29.7. The maximum Gasteiger partial charge on any atom is 0.317 e. The molecule has 3 atom stereocenters. The highest BCUT2D eigenvalue weighted by molar-refractivity contribution is 7.57. The Bertz CT molecular complexity index is 473. The van der Waals surface area contributed by atoms with Gasteiger partial charge >= 0.3 is 5.97 Å². The van der Waals surface area contributed by atoms with Crippen molar-refractivity contribution in [1.82, 2.24) is 19.6 Å². The summed E-state index contributed by atoms with van der Waals surface area (Å²) in [5.74, 6) is -0.759. The number of aliphatic carboxylic acids is 1. The van der Waals surface area contributed by atoms with Gasteiger partial charge in [0.2, 0.25) is 7.37 Å². The van der Waals surface area contributed by atoms with Gasteiger partial charge in [0.05, 0.1) is 12.8 Å². The van der Waals surface area contributed by atoms with E-state index >= 15 is 0 Å². The number of carbonyl (C=O) groups is 1. The van der Waals surface area contributed by atoms with Crippen molar-refractivity contribution in [3.8, 4) is 0 Å². The van der Waals surface area contributed by atoms with E-state index in [1.54, 1.807) is 0 Å². The molecule has 2 saturated heterocycles. The molecule has 2 rings (SSSR count). The van der Waals surface area contributed by atoms with Gasteiger partial charge in [-0.1, -0.05) is 0 Å². The molecule has 9 heteroatoms. The summed E-state index contributed by atoms with van der Waals surface area (Å²) >= 11 is 0. The fourth-order valence-electron chi connectivity index (χ4n) is 3.64. The molecule has 0 aromatic carbocycles. The topological polar surface area (TPSA) is 87.6 Å². The number of carboxylic acids is 1. The summed E-state index contributed by atoms with van der Waals surface area (Å²) in [7, 11) is -3.03. The molecule has 0 radical (unpaired) electrons. The van der Waals surface area contributed by atoms with Crippen molar-refractivity contribution in [3.63, 3.8) is 0 Å².